The van der Waals surface area contributed by atoms with Crippen LogP contribution in [-0.2, 0) is 11.8 Å². The normalized spacial score (nSPS) is 23.8. The summed E-state index contributed by atoms with van der Waals surface area (Å²) in [6.45, 7) is 3.14. The number of aliphatic hydroxyl groups excluding tert-OH is 4. The van der Waals surface area contributed by atoms with E-state index in [1.165, 1.54) is 10.6 Å². The second-order valence-electron chi connectivity index (χ2n) is 9.73. The Morgan fingerprint density at radius 3 is 2.58 bits per heavy atom. The number of phenolic OH excluding ortho intramolecular Hbond substituents is 1. The van der Waals surface area contributed by atoms with Gasteiger partial charge >= 0.3 is 5.69 Å². The van der Waals surface area contributed by atoms with Crippen LogP contribution in [0.5, 0.6) is 11.5 Å². The maximum atomic E-state index is 13.0. The summed E-state index contributed by atoms with van der Waals surface area (Å²) < 4.78 is 14.7. The lowest BCUT2D eigenvalue weighted by atomic mass is 9.97. The van der Waals surface area contributed by atoms with Gasteiger partial charge in [-0.15, -0.1) is 0 Å². The van der Waals surface area contributed by atoms with E-state index in [9.17, 15) is 30.3 Å². The molecule has 1 aliphatic rings. The number of hydrogen-bond donors (Lipinski definition) is 6. The summed E-state index contributed by atoms with van der Waals surface area (Å²) in [5, 5.41) is 58.7. The number of fused-ring (bicyclic) bond motifs is 1. The number of H-pyrrole nitrogens is 1. The molecular weight excluding hydrogens is 496 g/mol. The molecule has 5 rings (SSSR count). The summed E-state index contributed by atoms with van der Waals surface area (Å²) in [5.74, 6) is -0.0302. The molecule has 2 aromatic carbocycles. The molecule has 0 radical (unpaired) electrons. The first kappa shape index (κ1) is 25.9. The first-order valence-corrected chi connectivity index (χ1v) is 12.2. The molecule has 38 heavy (non-hydrogen) atoms. The highest BCUT2D eigenvalue weighted by Gasteiger charge is 2.45. The summed E-state index contributed by atoms with van der Waals surface area (Å²) in [6, 6.07) is 10.4. The van der Waals surface area contributed by atoms with Gasteiger partial charge in [0.2, 0.25) is 6.29 Å². The average Bonchev–Trinajstić information content (AvgIpc) is 3.46. The molecule has 0 unspecified atom stereocenters. The van der Waals surface area contributed by atoms with Gasteiger partial charge in [-0.2, -0.15) is 5.10 Å². The number of nitrogens with zero attached hydrogens (tertiary/aromatic N) is 3. The summed E-state index contributed by atoms with van der Waals surface area (Å²) in [4.78, 5) is 13.0. The molecule has 0 amide bonds. The lowest BCUT2D eigenvalue weighted by Crippen LogP contribution is -2.60. The lowest BCUT2D eigenvalue weighted by Gasteiger charge is -2.39. The number of aryl methyl sites for hydroxylation is 1. The quantitative estimate of drug-likeness (QED) is 0.211. The number of aliphatic hydroxyl groups is 4. The van der Waals surface area contributed by atoms with Crippen LogP contribution >= 0.6 is 0 Å². The van der Waals surface area contributed by atoms with Crippen LogP contribution < -0.4 is 10.4 Å². The van der Waals surface area contributed by atoms with E-state index in [0.717, 1.165) is 10.9 Å². The van der Waals surface area contributed by atoms with Crippen molar-refractivity contribution in [2.45, 2.75) is 50.5 Å². The van der Waals surface area contributed by atoms with Gasteiger partial charge in [0.1, 0.15) is 35.9 Å². The molecule has 0 spiro atoms. The Morgan fingerprint density at radius 1 is 1.11 bits per heavy atom. The van der Waals surface area contributed by atoms with Crippen molar-refractivity contribution < 1.29 is 35.0 Å². The summed E-state index contributed by atoms with van der Waals surface area (Å²) in [7, 11) is 1.92. The Hall–Kier alpha value is -3.68. The van der Waals surface area contributed by atoms with E-state index in [0.29, 0.717) is 16.8 Å². The van der Waals surface area contributed by atoms with E-state index < -0.39 is 43.0 Å². The molecular formula is C26H30N4O8. The number of phenols is 1. The third-order valence-corrected chi connectivity index (χ3v) is 6.88. The summed E-state index contributed by atoms with van der Waals surface area (Å²) in [5.41, 5.74) is 1.87. The van der Waals surface area contributed by atoms with Gasteiger partial charge in [0.15, 0.2) is 5.82 Å². The molecule has 3 heterocycles. The minimum atomic E-state index is -1.67. The van der Waals surface area contributed by atoms with E-state index in [4.69, 9.17) is 9.47 Å². The molecule has 1 aliphatic heterocycles. The van der Waals surface area contributed by atoms with Gasteiger partial charge in [-0.05, 0) is 41.8 Å². The monoisotopic (exact) mass is 526 g/mol. The van der Waals surface area contributed by atoms with E-state index in [-0.39, 0.29) is 23.2 Å². The number of benzene rings is 2. The van der Waals surface area contributed by atoms with Crippen LogP contribution in [0.2, 0.25) is 0 Å². The second-order valence-corrected chi connectivity index (χ2v) is 9.73. The van der Waals surface area contributed by atoms with Gasteiger partial charge in [0.05, 0.1) is 17.9 Å². The average molecular weight is 527 g/mol. The Morgan fingerprint density at radius 2 is 1.87 bits per heavy atom. The van der Waals surface area contributed by atoms with Crippen LogP contribution in [0.1, 0.15) is 25.3 Å². The number of aromatic hydroxyl groups is 1. The smallest absolute Gasteiger partial charge is 0.348 e. The zero-order valence-electron chi connectivity index (χ0n) is 21.0. The van der Waals surface area contributed by atoms with E-state index >= 15 is 0 Å². The van der Waals surface area contributed by atoms with Crippen LogP contribution in [0, 0.1) is 0 Å². The number of rotatable bonds is 6. The van der Waals surface area contributed by atoms with Gasteiger partial charge in [0.25, 0.3) is 0 Å². The van der Waals surface area contributed by atoms with Crippen molar-refractivity contribution in [3.63, 3.8) is 0 Å². The lowest BCUT2D eigenvalue weighted by molar-refractivity contribution is -0.277. The van der Waals surface area contributed by atoms with Crippen molar-refractivity contribution in [2.24, 2.45) is 7.05 Å². The molecule has 1 fully saturated rings. The fourth-order valence-electron chi connectivity index (χ4n) is 4.74. The molecule has 0 bridgehead atoms. The van der Waals surface area contributed by atoms with Crippen LogP contribution in [0.3, 0.4) is 0 Å². The Bertz CT molecular complexity index is 1520. The molecule has 202 valence electrons. The van der Waals surface area contributed by atoms with Crippen molar-refractivity contribution in [3.8, 4) is 28.6 Å². The zero-order chi connectivity index (χ0) is 27.3. The molecule has 0 aliphatic carbocycles. The first-order valence-electron chi connectivity index (χ1n) is 12.2. The fourth-order valence-corrected chi connectivity index (χ4v) is 4.74. The van der Waals surface area contributed by atoms with Crippen LogP contribution in [-0.4, -0.2) is 82.2 Å². The predicted octanol–water partition coefficient (Wildman–Crippen LogP) is 0.727. The fraction of sp³-hybridized carbons (Fsp3) is 0.385. The maximum absolute atomic E-state index is 13.0. The second kappa shape index (κ2) is 9.89. The predicted molar refractivity (Wildman–Crippen MR) is 136 cm³/mol. The van der Waals surface area contributed by atoms with E-state index in [2.05, 4.69) is 10.2 Å². The largest absolute Gasteiger partial charge is 0.508 e. The van der Waals surface area contributed by atoms with E-state index in [1.807, 2.05) is 49.9 Å². The Kier molecular flexibility index (Phi) is 6.75. The number of nitrogens with one attached hydrogen (secondary N) is 1. The van der Waals surface area contributed by atoms with Crippen molar-refractivity contribution >= 4 is 10.9 Å². The van der Waals surface area contributed by atoms with Crippen molar-refractivity contribution in [1.29, 1.82) is 0 Å². The van der Waals surface area contributed by atoms with Crippen molar-refractivity contribution in [3.05, 3.63) is 58.6 Å². The van der Waals surface area contributed by atoms with Gasteiger partial charge in [-0.25, -0.2) is 14.5 Å². The van der Waals surface area contributed by atoms with E-state index in [1.54, 1.807) is 12.1 Å². The SMILES string of the molecule is CC(C)c1cc(-c2n[nH]c(=O)n2-c2ccc3c(ccn3C)c2)c(O[C@@H]2O[C@H](CO)[C@H](O)[C@H](O)[C@H]2O)cc1O. The molecule has 6 N–H and O–H groups in total. The summed E-state index contributed by atoms with van der Waals surface area (Å²) >= 11 is 0. The maximum Gasteiger partial charge on any atom is 0.348 e. The zero-order valence-corrected chi connectivity index (χ0v) is 21.0. The third-order valence-electron chi connectivity index (χ3n) is 6.88. The van der Waals surface area contributed by atoms with Gasteiger partial charge in [0, 0.05) is 30.2 Å². The minimum absolute atomic E-state index is 0.00253. The van der Waals surface area contributed by atoms with Crippen molar-refractivity contribution in [2.75, 3.05) is 6.61 Å². The van der Waals surface area contributed by atoms with Gasteiger partial charge in [-0.3, -0.25) is 0 Å². The number of aromatic amines is 1. The Balaban J connectivity index is 1.64. The molecule has 12 nitrogen and oxygen atoms in total. The van der Waals surface area contributed by atoms with Crippen molar-refractivity contribution in [1.82, 2.24) is 19.3 Å². The highest BCUT2D eigenvalue weighted by molar-refractivity contribution is 5.82. The topological polar surface area (TPSA) is 175 Å². The molecule has 4 aromatic rings. The minimum Gasteiger partial charge on any atom is -0.508 e. The molecule has 12 heteroatoms. The Labute approximate surface area is 216 Å². The number of ether oxygens (including phenoxy) is 2. The van der Waals surface area contributed by atoms with Gasteiger partial charge < -0.3 is 39.6 Å². The highest BCUT2D eigenvalue weighted by Crippen LogP contribution is 2.39. The molecule has 0 saturated carbocycles. The highest BCUT2D eigenvalue weighted by atomic mass is 16.7. The van der Waals surface area contributed by atoms with Crippen LogP contribution in [0.25, 0.3) is 28.0 Å². The molecule has 5 atom stereocenters. The standard InChI is InChI=1S/C26H30N4O8/c1-12(2)15-9-16(19(10-18(15)32)37-25-23(35)22(34)21(33)20(11-31)38-25)24-27-28-26(36)30(24)14-4-5-17-13(8-14)6-7-29(17)3/h4-10,12,20-23,25,31-35H,11H2,1-3H3,(H,28,36)/t20-,21+,22+,23-,25-/m1/s1. The van der Waals surface area contributed by atoms with Gasteiger partial charge in [-0.1, -0.05) is 13.8 Å². The molecule has 2 aromatic heterocycles. The van der Waals surface area contributed by atoms with Crippen LogP contribution in [0.15, 0.2) is 47.4 Å². The summed E-state index contributed by atoms with van der Waals surface area (Å²) in [6.07, 6.45) is -5.67. The number of aromatic nitrogens is 4. The number of hydrogen-bond acceptors (Lipinski definition) is 9. The first-order chi connectivity index (χ1) is 18.1. The third kappa shape index (κ3) is 4.36. The van der Waals surface area contributed by atoms with Crippen LogP contribution in [0.4, 0.5) is 0 Å². The molecule has 1 saturated heterocycles.